The largest absolute Gasteiger partial charge is 0.399 e. The molecule has 0 fully saturated rings. The van der Waals surface area contributed by atoms with Gasteiger partial charge in [0.15, 0.2) is 0 Å². The zero-order valence-corrected chi connectivity index (χ0v) is 12.6. The number of nitrogens with one attached hydrogen (secondary N) is 1. The highest BCUT2D eigenvalue weighted by Crippen LogP contribution is 2.19. The van der Waals surface area contributed by atoms with Crippen LogP contribution in [0.3, 0.4) is 0 Å². The predicted molar refractivity (Wildman–Crippen MR) is 76.4 cm³/mol. The molecule has 1 unspecified atom stereocenters. The number of nitrogen functional groups attached to an aromatic ring is 1. The van der Waals surface area contributed by atoms with Gasteiger partial charge in [0, 0.05) is 18.8 Å². The summed E-state index contributed by atoms with van der Waals surface area (Å²) in [5, 5.41) is 0. The fourth-order valence-corrected chi connectivity index (χ4v) is 3.36. The summed E-state index contributed by atoms with van der Waals surface area (Å²) in [5.74, 6) is 0.135. The lowest BCUT2D eigenvalue weighted by molar-refractivity contribution is 0.157. The third-order valence-electron chi connectivity index (χ3n) is 2.96. The molecule has 3 N–H and O–H groups in total. The Balaban J connectivity index is 3.06. The minimum atomic E-state index is -3.59. The van der Waals surface area contributed by atoms with Gasteiger partial charge in [-0.3, -0.25) is 0 Å². The van der Waals surface area contributed by atoms with Gasteiger partial charge in [-0.2, -0.15) is 0 Å². The van der Waals surface area contributed by atoms with Gasteiger partial charge in [0.05, 0.1) is 11.5 Å². The van der Waals surface area contributed by atoms with Gasteiger partial charge in [0.2, 0.25) is 10.0 Å². The van der Waals surface area contributed by atoms with Crippen LogP contribution < -0.4 is 10.5 Å². The monoisotopic (exact) mass is 286 g/mol. The smallest absolute Gasteiger partial charge is 0.241 e. The number of methoxy groups -OCH3 is 1. The van der Waals surface area contributed by atoms with Crippen molar-refractivity contribution in [1.82, 2.24) is 4.72 Å². The van der Waals surface area contributed by atoms with E-state index in [1.165, 1.54) is 6.07 Å². The summed E-state index contributed by atoms with van der Waals surface area (Å²) in [5.41, 5.74) is 6.75. The van der Waals surface area contributed by atoms with Crippen LogP contribution >= 0.6 is 0 Å². The summed E-state index contributed by atoms with van der Waals surface area (Å²) >= 11 is 0. The van der Waals surface area contributed by atoms with Crippen LogP contribution in [-0.4, -0.2) is 28.2 Å². The van der Waals surface area contributed by atoms with E-state index in [0.717, 1.165) is 0 Å². The molecule has 0 heterocycles. The zero-order chi connectivity index (χ0) is 14.6. The van der Waals surface area contributed by atoms with Crippen molar-refractivity contribution in [1.29, 1.82) is 0 Å². The molecule has 0 spiro atoms. The zero-order valence-electron chi connectivity index (χ0n) is 11.8. The second-order valence-electron chi connectivity index (χ2n) is 4.95. The molecule has 0 aliphatic heterocycles. The number of nitrogens with two attached hydrogens (primary N) is 1. The van der Waals surface area contributed by atoms with E-state index in [-0.39, 0.29) is 16.9 Å². The van der Waals surface area contributed by atoms with E-state index in [0.29, 0.717) is 17.9 Å². The average Bonchev–Trinajstić information content (AvgIpc) is 2.31. The van der Waals surface area contributed by atoms with Crippen LogP contribution in [0, 0.1) is 12.8 Å². The summed E-state index contributed by atoms with van der Waals surface area (Å²) in [6.45, 7) is 5.96. The first-order chi connectivity index (χ1) is 8.77. The normalized spacial score (nSPS) is 13.7. The van der Waals surface area contributed by atoms with E-state index < -0.39 is 10.0 Å². The van der Waals surface area contributed by atoms with Crippen LogP contribution in [0.25, 0.3) is 0 Å². The van der Waals surface area contributed by atoms with Gasteiger partial charge >= 0.3 is 0 Å². The molecule has 0 radical (unpaired) electrons. The van der Waals surface area contributed by atoms with Crippen LogP contribution in [-0.2, 0) is 14.8 Å². The number of aryl methyl sites for hydroxylation is 1. The lowest BCUT2D eigenvalue weighted by Gasteiger charge is -2.22. The minimum absolute atomic E-state index is 0.135. The van der Waals surface area contributed by atoms with Crippen LogP contribution in [0.2, 0.25) is 0 Å². The molecule has 0 bridgehead atoms. The van der Waals surface area contributed by atoms with Crippen LogP contribution in [0.5, 0.6) is 0 Å². The first-order valence-electron chi connectivity index (χ1n) is 6.15. The molecule has 0 amide bonds. The van der Waals surface area contributed by atoms with E-state index >= 15 is 0 Å². The van der Waals surface area contributed by atoms with Crippen molar-refractivity contribution in [2.24, 2.45) is 5.92 Å². The van der Waals surface area contributed by atoms with Gasteiger partial charge in [-0.15, -0.1) is 0 Å². The van der Waals surface area contributed by atoms with E-state index in [1.54, 1.807) is 26.2 Å². The van der Waals surface area contributed by atoms with Gasteiger partial charge in [0.25, 0.3) is 0 Å². The molecule has 6 heteroatoms. The van der Waals surface area contributed by atoms with Gasteiger partial charge in [-0.1, -0.05) is 19.9 Å². The SMILES string of the molecule is COCC(NS(=O)(=O)c1cc(N)ccc1C)C(C)C. The molecule has 1 aromatic carbocycles. The van der Waals surface area contributed by atoms with Gasteiger partial charge < -0.3 is 10.5 Å². The average molecular weight is 286 g/mol. The highest BCUT2D eigenvalue weighted by molar-refractivity contribution is 7.89. The summed E-state index contributed by atoms with van der Waals surface area (Å²) in [6, 6.07) is 4.59. The standard InChI is InChI=1S/C13H22N2O3S/c1-9(2)12(8-18-4)15-19(16,17)13-7-11(14)6-5-10(13)3/h5-7,9,12,15H,8,14H2,1-4H3. The maximum atomic E-state index is 12.4. The first-order valence-corrected chi connectivity index (χ1v) is 7.63. The van der Waals surface area contributed by atoms with Crippen molar-refractivity contribution in [3.63, 3.8) is 0 Å². The fraction of sp³-hybridized carbons (Fsp3) is 0.538. The topological polar surface area (TPSA) is 81.4 Å². The Morgan fingerprint density at radius 2 is 2.00 bits per heavy atom. The summed E-state index contributed by atoms with van der Waals surface area (Å²) in [4.78, 5) is 0.217. The quantitative estimate of drug-likeness (QED) is 0.777. The number of sulfonamides is 1. The lowest BCUT2D eigenvalue weighted by atomic mass is 10.1. The van der Waals surface area contributed by atoms with Crippen molar-refractivity contribution < 1.29 is 13.2 Å². The van der Waals surface area contributed by atoms with Gasteiger partial charge in [-0.25, -0.2) is 13.1 Å². The maximum Gasteiger partial charge on any atom is 0.241 e. The van der Waals surface area contributed by atoms with E-state index in [1.807, 2.05) is 13.8 Å². The summed E-state index contributed by atoms with van der Waals surface area (Å²) < 4.78 is 32.5. The number of hydrogen-bond acceptors (Lipinski definition) is 4. The van der Waals surface area contributed by atoms with Crippen LogP contribution in [0.1, 0.15) is 19.4 Å². The second kappa shape index (κ2) is 6.36. The highest BCUT2D eigenvalue weighted by atomic mass is 32.2. The molecular weight excluding hydrogens is 264 g/mol. The summed E-state index contributed by atoms with van der Waals surface area (Å²) in [7, 11) is -2.04. The molecular formula is C13H22N2O3S. The molecule has 0 saturated carbocycles. The van der Waals surface area contributed by atoms with Crippen molar-refractivity contribution in [3.05, 3.63) is 23.8 Å². The Morgan fingerprint density at radius 1 is 1.37 bits per heavy atom. The number of anilines is 1. The number of benzene rings is 1. The van der Waals surface area contributed by atoms with E-state index in [4.69, 9.17) is 10.5 Å². The van der Waals surface area contributed by atoms with Crippen molar-refractivity contribution in [3.8, 4) is 0 Å². The van der Waals surface area contributed by atoms with E-state index in [2.05, 4.69) is 4.72 Å². The second-order valence-corrected chi connectivity index (χ2v) is 6.63. The fourth-order valence-electron chi connectivity index (χ4n) is 1.71. The maximum absolute atomic E-state index is 12.4. The Bertz CT molecular complexity index is 527. The molecule has 0 aliphatic carbocycles. The number of hydrogen-bond donors (Lipinski definition) is 2. The summed E-state index contributed by atoms with van der Waals surface area (Å²) in [6.07, 6.45) is 0. The Labute approximate surface area is 115 Å². The molecule has 5 nitrogen and oxygen atoms in total. The molecule has 0 aromatic heterocycles. The van der Waals surface area contributed by atoms with E-state index in [9.17, 15) is 8.42 Å². The predicted octanol–water partition coefficient (Wildman–Crippen LogP) is 1.53. The van der Waals surface area contributed by atoms with Crippen molar-refractivity contribution in [2.75, 3.05) is 19.5 Å². The highest BCUT2D eigenvalue weighted by Gasteiger charge is 2.23. The van der Waals surface area contributed by atoms with Gasteiger partial charge in [0.1, 0.15) is 0 Å². The molecule has 0 saturated heterocycles. The molecule has 108 valence electrons. The lowest BCUT2D eigenvalue weighted by Crippen LogP contribution is -2.41. The first kappa shape index (κ1) is 15.9. The molecule has 1 rings (SSSR count). The third kappa shape index (κ3) is 4.19. The minimum Gasteiger partial charge on any atom is -0.399 e. The number of rotatable bonds is 6. The third-order valence-corrected chi connectivity index (χ3v) is 4.59. The molecule has 1 aromatic rings. The molecule has 0 aliphatic rings. The van der Waals surface area contributed by atoms with Crippen LogP contribution in [0.15, 0.2) is 23.1 Å². The molecule has 1 atom stereocenters. The van der Waals surface area contributed by atoms with Crippen molar-refractivity contribution >= 4 is 15.7 Å². The molecule has 19 heavy (non-hydrogen) atoms. The Morgan fingerprint density at radius 3 is 2.53 bits per heavy atom. The van der Waals surface area contributed by atoms with Crippen LogP contribution in [0.4, 0.5) is 5.69 Å². The number of ether oxygens (including phenoxy) is 1. The Hall–Kier alpha value is -1.11. The van der Waals surface area contributed by atoms with Gasteiger partial charge in [-0.05, 0) is 30.5 Å². The van der Waals surface area contributed by atoms with Crippen molar-refractivity contribution in [2.45, 2.75) is 31.7 Å². The Kier molecular flexibility index (Phi) is 5.34.